The summed E-state index contributed by atoms with van der Waals surface area (Å²) < 4.78 is 0. The molecule has 4 amide bonds. The SMILES string of the molecule is O=C(CN1C(=O)c2ccc([N+](=O)[O-])cc2C1=O)Nc1ccccc1C(=O)NC1CCCC1. The molecule has 2 aromatic rings. The van der Waals surface area contributed by atoms with E-state index < -0.39 is 29.2 Å². The van der Waals surface area contributed by atoms with Gasteiger partial charge in [0, 0.05) is 18.2 Å². The van der Waals surface area contributed by atoms with Crippen LogP contribution in [0.4, 0.5) is 11.4 Å². The van der Waals surface area contributed by atoms with Gasteiger partial charge < -0.3 is 10.6 Å². The van der Waals surface area contributed by atoms with E-state index in [1.165, 1.54) is 6.07 Å². The van der Waals surface area contributed by atoms with Crippen molar-refractivity contribution in [2.45, 2.75) is 31.7 Å². The minimum atomic E-state index is -0.781. The highest BCUT2D eigenvalue weighted by Crippen LogP contribution is 2.27. The maximum atomic E-state index is 12.7. The summed E-state index contributed by atoms with van der Waals surface area (Å²) in [5, 5.41) is 16.5. The number of para-hydroxylation sites is 1. The van der Waals surface area contributed by atoms with Gasteiger partial charge >= 0.3 is 0 Å². The van der Waals surface area contributed by atoms with Gasteiger partial charge in [-0.3, -0.25) is 34.2 Å². The number of fused-ring (bicyclic) bond motifs is 1. The van der Waals surface area contributed by atoms with Crippen molar-refractivity contribution in [3.8, 4) is 0 Å². The van der Waals surface area contributed by atoms with Crippen LogP contribution < -0.4 is 10.6 Å². The fourth-order valence-corrected chi connectivity index (χ4v) is 3.99. The van der Waals surface area contributed by atoms with Gasteiger partial charge in [0.2, 0.25) is 5.91 Å². The molecule has 1 heterocycles. The Hall–Kier alpha value is -4.08. The predicted octanol–water partition coefficient (Wildman–Crippen LogP) is 2.50. The van der Waals surface area contributed by atoms with Crippen LogP contribution in [0.25, 0.3) is 0 Å². The minimum Gasteiger partial charge on any atom is -0.349 e. The first-order chi connectivity index (χ1) is 15.3. The van der Waals surface area contributed by atoms with E-state index in [4.69, 9.17) is 0 Å². The summed E-state index contributed by atoms with van der Waals surface area (Å²) in [5.41, 5.74) is 0.113. The standard InChI is InChI=1S/C22H20N4O6/c27-19(12-25-21(29)15-10-9-14(26(31)32)11-17(15)22(25)30)24-18-8-4-3-7-16(18)20(28)23-13-5-1-2-6-13/h3-4,7-11,13H,1-2,5-6,12H2,(H,23,28)(H,24,27). The van der Waals surface area contributed by atoms with E-state index in [9.17, 15) is 29.3 Å². The van der Waals surface area contributed by atoms with Gasteiger partial charge in [-0.15, -0.1) is 0 Å². The largest absolute Gasteiger partial charge is 0.349 e. The van der Waals surface area contributed by atoms with Crippen LogP contribution in [0, 0.1) is 10.1 Å². The van der Waals surface area contributed by atoms with Crippen molar-refractivity contribution in [3.63, 3.8) is 0 Å². The Bertz CT molecular complexity index is 1140. The Morgan fingerprint density at radius 1 is 1.03 bits per heavy atom. The van der Waals surface area contributed by atoms with Crippen LogP contribution in [0.2, 0.25) is 0 Å². The number of rotatable bonds is 6. The molecule has 0 unspecified atom stereocenters. The van der Waals surface area contributed by atoms with Crippen molar-refractivity contribution in [2.24, 2.45) is 0 Å². The van der Waals surface area contributed by atoms with E-state index in [0.29, 0.717) is 0 Å². The molecule has 0 saturated heterocycles. The molecule has 1 aliphatic carbocycles. The summed E-state index contributed by atoms with van der Waals surface area (Å²) in [4.78, 5) is 61.4. The fourth-order valence-electron chi connectivity index (χ4n) is 3.99. The van der Waals surface area contributed by atoms with Crippen LogP contribution in [-0.2, 0) is 4.79 Å². The zero-order valence-corrected chi connectivity index (χ0v) is 17.0. The minimum absolute atomic E-state index is 0.00439. The monoisotopic (exact) mass is 436 g/mol. The molecular formula is C22H20N4O6. The summed E-state index contributed by atoms with van der Waals surface area (Å²) in [5.74, 6) is -2.46. The number of nitrogens with one attached hydrogen (secondary N) is 2. The first kappa shape index (κ1) is 21.2. The number of nitro benzene ring substituents is 1. The molecule has 10 heteroatoms. The van der Waals surface area contributed by atoms with Crippen molar-refractivity contribution < 1.29 is 24.1 Å². The van der Waals surface area contributed by atoms with E-state index >= 15 is 0 Å². The molecule has 2 N–H and O–H groups in total. The molecule has 32 heavy (non-hydrogen) atoms. The Morgan fingerprint density at radius 2 is 1.72 bits per heavy atom. The number of anilines is 1. The number of benzene rings is 2. The number of non-ortho nitro benzene ring substituents is 1. The molecule has 0 aromatic heterocycles. The van der Waals surface area contributed by atoms with Crippen LogP contribution >= 0.6 is 0 Å². The second kappa shape index (κ2) is 8.58. The average molecular weight is 436 g/mol. The molecule has 164 valence electrons. The molecule has 0 bridgehead atoms. The maximum Gasteiger partial charge on any atom is 0.270 e. The smallest absolute Gasteiger partial charge is 0.270 e. The average Bonchev–Trinajstić information content (AvgIpc) is 3.36. The van der Waals surface area contributed by atoms with Crippen LogP contribution in [0.1, 0.15) is 56.8 Å². The molecule has 2 aromatic carbocycles. The van der Waals surface area contributed by atoms with Crippen molar-refractivity contribution in [1.82, 2.24) is 10.2 Å². The topological polar surface area (TPSA) is 139 Å². The van der Waals surface area contributed by atoms with Gasteiger partial charge in [0.15, 0.2) is 0 Å². The van der Waals surface area contributed by atoms with E-state index in [0.717, 1.165) is 42.7 Å². The molecule has 0 spiro atoms. The van der Waals surface area contributed by atoms with Gasteiger partial charge in [-0.2, -0.15) is 0 Å². The van der Waals surface area contributed by atoms with Gasteiger partial charge in [0.1, 0.15) is 6.54 Å². The van der Waals surface area contributed by atoms with Crippen molar-refractivity contribution >= 4 is 35.0 Å². The Labute approximate surface area is 182 Å². The number of hydrogen-bond acceptors (Lipinski definition) is 6. The van der Waals surface area contributed by atoms with Crippen LogP contribution in [0.3, 0.4) is 0 Å². The molecule has 1 saturated carbocycles. The summed E-state index contributed by atoms with van der Waals surface area (Å²) in [6, 6.07) is 9.94. The normalized spacial score (nSPS) is 15.6. The molecule has 0 atom stereocenters. The van der Waals surface area contributed by atoms with Gasteiger partial charge in [0.05, 0.1) is 27.3 Å². The highest BCUT2D eigenvalue weighted by molar-refractivity contribution is 6.23. The van der Waals surface area contributed by atoms with Crippen LogP contribution in [0.5, 0.6) is 0 Å². The lowest BCUT2D eigenvalue weighted by atomic mass is 10.1. The molecule has 4 rings (SSSR count). The molecular weight excluding hydrogens is 416 g/mol. The summed E-state index contributed by atoms with van der Waals surface area (Å²) in [6.07, 6.45) is 3.95. The molecule has 0 radical (unpaired) electrons. The summed E-state index contributed by atoms with van der Waals surface area (Å²) in [6.45, 7) is -0.585. The van der Waals surface area contributed by atoms with Crippen molar-refractivity contribution in [2.75, 3.05) is 11.9 Å². The molecule has 2 aliphatic rings. The second-order valence-electron chi connectivity index (χ2n) is 7.73. The predicted molar refractivity (Wildman–Crippen MR) is 113 cm³/mol. The number of carbonyl (C=O) groups excluding carboxylic acids is 4. The first-order valence-corrected chi connectivity index (χ1v) is 10.2. The van der Waals surface area contributed by atoms with Crippen molar-refractivity contribution in [1.29, 1.82) is 0 Å². The number of imide groups is 1. The van der Waals surface area contributed by atoms with E-state index in [1.54, 1.807) is 24.3 Å². The Balaban J connectivity index is 1.46. The van der Waals surface area contributed by atoms with Gasteiger partial charge in [-0.25, -0.2) is 0 Å². The fraction of sp³-hybridized carbons (Fsp3) is 0.273. The first-order valence-electron chi connectivity index (χ1n) is 10.2. The molecule has 10 nitrogen and oxygen atoms in total. The number of nitro groups is 1. The Kier molecular flexibility index (Phi) is 5.67. The summed E-state index contributed by atoms with van der Waals surface area (Å²) in [7, 11) is 0. The summed E-state index contributed by atoms with van der Waals surface area (Å²) >= 11 is 0. The van der Waals surface area contributed by atoms with Gasteiger partial charge in [-0.1, -0.05) is 25.0 Å². The number of hydrogen-bond donors (Lipinski definition) is 2. The Morgan fingerprint density at radius 3 is 2.44 bits per heavy atom. The second-order valence-corrected chi connectivity index (χ2v) is 7.73. The lowest BCUT2D eigenvalue weighted by molar-refractivity contribution is -0.384. The number of nitrogens with zero attached hydrogens (tertiary/aromatic N) is 2. The maximum absolute atomic E-state index is 12.7. The molecule has 1 aliphatic heterocycles. The van der Waals surface area contributed by atoms with Crippen molar-refractivity contribution in [3.05, 3.63) is 69.3 Å². The quantitative estimate of drug-likeness (QED) is 0.405. The van der Waals surface area contributed by atoms with Crippen LogP contribution in [-0.4, -0.2) is 46.0 Å². The lowest BCUT2D eigenvalue weighted by Gasteiger charge is -2.16. The number of carbonyl (C=O) groups is 4. The number of amides is 4. The van der Waals surface area contributed by atoms with E-state index in [2.05, 4.69) is 10.6 Å². The van der Waals surface area contributed by atoms with Gasteiger partial charge in [0.25, 0.3) is 23.4 Å². The zero-order chi connectivity index (χ0) is 22.8. The highest BCUT2D eigenvalue weighted by atomic mass is 16.6. The van der Waals surface area contributed by atoms with Crippen LogP contribution in [0.15, 0.2) is 42.5 Å². The molecule has 1 fully saturated rings. The third kappa shape index (κ3) is 4.07. The lowest BCUT2D eigenvalue weighted by Crippen LogP contribution is -2.38. The van der Waals surface area contributed by atoms with E-state index in [-0.39, 0.29) is 40.0 Å². The third-order valence-electron chi connectivity index (χ3n) is 5.60. The van der Waals surface area contributed by atoms with Gasteiger partial charge in [-0.05, 0) is 31.0 Å². The third-order valence-corrected chi connectivity index (χ3v) is 5.60. The zero-order valence-electron chi connectivity index (χ0n) is 17.0. The van der Waals surface area contributed by atoms with E-state index in [1.807, 2.05) is 0 Å². The highest BCUT2D eigenvalue weighted by Gasteiger charge is 2.38.